The van der Waals surface area contributed by atoms with Gasteiger partial charge in [0.1, 0.15) is 0 Å². The molecule has 0 aliphatic heterocycles. The third-order valence-electron chi connectivity index (χ3n) is 1.75. The molecule has 0 radical (unpaired) electrons. The number of hydrogen-bond acceptors (Lipinski definition) is 1. The van der Waals surface area contributed by atoms with Gasteiger partial charge in [-0.1, -0.05) is 22.0 Å². The van der Waals surface area contributed by atoms with Crippen molar-refractivity contribution >= 4 is 15.9 Å². The Morgan fingerprint density at radius 2 is 2.08 bits per heavy atom. The smallest absolute Gasteiger partial charge is 0.264 e. The molecule has 0 aromatic heterocycles. The summed E-state index contributed by atoms with van der Waals surface area (Å²) in [5, 5.41) is 0. The van der Waals surface area contributed by atoms with Crippen LogP contribution in [-0.2, 0) is 6.42 Å². The summed E-state index contributed by atoms with van der Waals surface area (Å²) >= 11 is 3.23. The molecule has 0 unspecified atom stereocenters. The lowest BCUT2D eigenvalue weighted by molar-refractivity contribution is 0.150. The first-order chi connectivity index (χ1) is 6.15. The fourth-order valence-corrected chi connectivity index (χ4v) is 1.57. The van der Waals surface area contributed by atoms with Crippen LogP contribution in [0.15, 0.2) is 22.7 Å². The minimum absolute atomic E-state index is 0.0775. The standard InChI is InChI=1S/C9H10BrF2N/c10-7-1-2-8(9(11)12)6(5-7)3-4-13/h1-2,5,9H,3-4,13H2. The molecule has 0 atom stereocenters. The minimum atomic E-state index is -2.42. The summed E-state index contributed by atoms with van der Waals surface area (Å²) in [5.74, 6) is 0. The van der Waals surface area contributed by atoms with Crippen molar-refractivity contribution in [3.63, 3.8) is 0 Å². The molecule has 0 bridgehead atoms. The van der Waals surface area contributed by atoms with Gasteiger partial charge in [-0.25, -0.2) is 8.78 Å². The summed E-state index contributed by atoms with van der Waals surface area (Å²) in [6.07, 6.45) is -1.94. The molecule has 0 aliphatic rings. The van der Waals surface area contributed by atoms with E-state index in [-0.39, 0.29) is 5.56 Å². The van der Waals surface area contributed by atoms with Crippen LogP contribution in [0.2, 0.25) is 0 Å². The topological polar surface area (TPSA) is 26.0 Å². The van der Waals surface area contributed by atoms with Gasteiger partial charge in [0.25, 0.3) is 6.43 Å². The molecule has 13 heavy (non-hydrogen) atoms. The molecule has 0 saturated carbocycles. The van der Waals surface area contributed by atoms with E-state index in [1.54, 1.807) is 12.1 Å². The summed E-state index contributed by atoms with van der Waals surface area (Å²) < 4.78 is 25.7. The number of nitrogens with two attached hydrogens (primary N) is 1. The largest absolute Gasteiger partial charge is 0.330 e. The van der Waals surface area contributed by atoms with Crippen molar-refractivity contribution in [3.8, 4) is 0 Å². The zero-order valence-electron chi connectivity index (χ0n) is 6.93. The van der Waals surface area contributed by atoms with E-state index in [0.717, 1.165) is 4.47 Å². The monoisotopic (exact) mass is 249 g/mol. The zero-order valence-corrected chi connectivity index (χ0v) is 8.52. The minimum Gasteiger partial charge on any atom is -0.330 e. The summed E-state index contributed by atoms with van der Waals surface area (Å²) in [5.41, 5.74) is 6.01. The molecule has 0 aliphatic carbocycles. The lowest BCUT2D eigenvalue weighted by Crippen LogP contribution is -2.05. The molecule has 0 amide bonds. The summed E-state index contributed by atoms with van der Waals surface area (Å²) in [6, 6.07) is 4.73. The molecule has 0 heterocycles. The van der Waals surface area contributed by atoms with Crippen molar-refractivity contribution in [1.29, 1.82) is 0 Å². The van der Waals surface area contributed by atoms with Gasteiger partial charge in [-0.15, -0.1) is 0 Å². The van der Waals surface area contributed by atoms with Crippen LogP contribution >= 0.6 is 15.9 Å². The average molecular weight is 250 g/mol. The van der Waals surface area contributed by atoms with Crippen LogP contribution in [0.5, 0.6) is 0 Å². The molecule has 1 nitrogen and oxygen atoms in total. The van der Waals surface area contributed by atoms with Gasteiger partial charge in [-0.3, -0.25) is 0 Å². The summed E-state index contributed by atoms with van der Waals surface area (Å²) in [4.78, 5) is 0. The second-order valence-electron chi connectivity index (χ2n) is 2.68. The molecular weight excluding hydrogens is 240 g/mol. The van der Waals surface area contributed by atoms with E-state index in [1.807, 2.05) is 0 Å². The Morgan fingerprint density at radius 3 is 2.62 bits per heavy atom. The molecule has 0 spiro atoms. The Hall–Kier alpha value is -0.480. The molecule has 1 rings (SSSR count). The first-order valence-electron chi connectivity index (χ1n) is 3.91. The van der Waals surface area contributed by atoms with Crippen LogP contribution in [0.25, 0.3) is 0 Å². The highest BCUT2D eigenvalue weighted by atomic mass is 79.9. The predicted molar refractivity (Wildman–Crippen MR) is 51.9 cm³/mol. The fourth-order valence-electron chi connectivity index (χ4n) is 1.16. The third kappa shape index (κ3) is 2.74. The first kappa shape index (κ1) is 10.6. The van der Waals surface area contributed by atoms with Gasteiger partial charge in [0, 0.05) is 10.0 Å². The van der Waals surface area contributed by atoms with E-state index in [0.29, 0.717) is 18.5 Å². The number of rotatable bonds is 3. The lowest BCUT2D eigenvalue weighted by Gasteiger charge is -2.07. The highest BCUT2D eigenvalue weighted by Crippen LogP contribution is 2.25. The highest BCUT2D eigenvalue weighted by Gasteiger charge is 2.11. The van der Waals surface area contributed by atoms with Gasteiger partial charge >= 0.3 is 0 Å². The summed E-state index contributed by atoms with van der Waals surface area (Å²) in [6.45, 7) is 0.385. The zero-order chi connectivity index (χ0) is 9.84. The van der Waals surface area contributed by atoms with Gasteiger partial charge in [0.2, 0.25) is 0 Å². The van der Waals surface area contributed by atoms with Crippen molar-refractivity contribution in [2.24, 2.45) is 5.73 Å². The van der Waals surface area contributed by atoms with Crippen LogP contribution in [-0.4, -0.2) is 6.54 Å². The van der Waals surface area contributed by atoms with E-state index in [1.165, 1.54) is 6.07 Å². The quantitative estimate of drug-likeness (QED) is 0.876. The predicted octanol–water partition coefficient (Wildman–Crippen LogP) is 2.89. The Kier molecular flexibility index (Phi) is 3.81. The maximum Gasteiger partial charge on any atom is 0.264 e. The number of alkyl halides is 2. The van der Waals surface area contributed by atoms with E-state index in [9.17, 15) is 8.78 Å². The van der Waals surface area contributed by atoms with Gasteiger partial charge in [-0.05, 0) is 30.7 Å². The maximum absolute atomic E-state index is 12.4. The van der Waals surface area contributed by atoms with Crippen molar-refractivity contribution in [3.05, 3.63) is 33.8 Å². The van der Waals surface area contributed by atoms with Gasteiger partial charge in [-0.2, -0.15) is 0 Å². The van der Waals surface area contributed by atoms with Crippen LogP contribution in [0.1, 0.15) is 17.6 Å². The van der Waals surface area contributed by atoms with Gasteiger partial charge in [0.05, 0.1) is 0 Å². The van der Waals surface area contributed by atoms with Crippen molar-refractivity contribution in [2.45, 2.75) is 12.8 Å². The molecule has 0 saturated heterocycles. The molecule has 1 aromatic carbocycles. The number of halogens is 3. The van der Waals surface area contributed by atoms with Crippen molar-refractivity contribution < 1.29 is 8.78 Å². The first-order valence-corrected chi connectivity index (χ1v) is 4.71. The Labute approximate surface area is 84.1 Å². The maximum atomic E-state index is 12.4. The van der Waals surface area contributed by atoms with Crippen LogP contribution < -0.4 is 5.73 Å². The van der Waals surface area contributed by atoms with Crippen LogP contribution in [0.3, 0.4) is 0 Å². The molecule has 4 heteroatoms. The second kappa shape index (κ2) is 4.67. The molecule has 0 fully saturated rings. The molecule has 1 aromatic rings. The Balaban J connectivity index is 3.03. The Bertz CT molecular complexity index is 289. The summed E-state index contributed by atoms with van der Waals surface area (Å²) in [7, 11) is 0. The molecule has 2 N–H and O–H groups in total. The van der Waals surface area contributed by atoms with Gasteiger partial charge in [0.15, 0.2) is 0 Å². The average Bonchev–Trinajstić information content (AvgIpc) is 2.04. The lowest BCUT2D eigenvalue weighted by atomic mass is 10.1. The highest BCUT2D eigenvalue weighted by molar-refractivity contribution is 9.10. The van der Waals surface area contributed by atoms with Crippen LogP contribution in [0, 0.1) is 0 Å². The van der Waals surface area contributed by atoms with Crippen molar-refractivity contribution in [1.82, 2.24) is 0 Å². The van der Waals surface area contributed by atoms with Gasteiger partial charge < -0.3 is 5.73 Å². The third-order valence-corrected chi connectivity index (χ3v) is 2.25. The number of benzene rings is 1. The van der Waals surface area contributed by atoms with E-state index >= 15 is 0 Å². The fraction of sp³-hybridized carbons (Fsp3) is 0.333. The molecule has 72 valence electrons. The van der Waals surface area contributed by atoms with E-state index in [4.69, 9.17) is 5.73 Å². The van der Waals surface area contributed by atoms with E-state index in [2.05, 4.69) is 15.9 Å². The van der Waals surface area contributed by atoms with Crippen LogP contribution in [0.4, 0.5) is 8.78 Å². The van der Waals surface area contributed by atoms with Crippen molar-refractivity contribution in [2.75, 3.05) is 6.54 Å². The number of hydrogen-bond donors (Lipinski definition) is 1. The SMILES string of the molecule is NCCc1cc(Br)ccc1C(F)F. The molecular formula is C9H10BrF2N. The second-order valence-corrected chi connectivity index (χ2v) is 3.60. The van der Waals surface area contributed by atoms with E-state index < -0.39 is 6.43 Å². The Morgan fingerprint density at radius 1 is 1.38 bits per heavy atom. The normalized spacial score (nSPS) is 10.8.